The van der Waals surface area contributed by atoms with Gasteiger partial charge in [-0.05, 0) is 12.8 Å². The van der Waals surface area contributed by atoms with Crippen LogP contribution < -0.4 is 10.6 Å². The number of carboxylic acid groups (broad SMARTS) is 1. The Morgan fingerprint density at radius 2 is 1.62 bits per heavy atom. The van der Waals surface area contributed by atoms with E-state index in [0.717, 1.165) is 0 Å². The second kappa shape index (κ2) is 6.47. The van der Waals surface area contributed by atoms with E-state index in [-0.39, 0.29) is 18.5 Å². The van der Waals surface area contributed by atoms with Gasteiger partial charge in [0.25, 0.3) is 0 Å². The quantitative estimate of drug-likeness (QED) is 0.732. The highest BCUT2D eigenvalue weighted by Crippen LogP contribution is 2.19. The lowest BCUT2D eigenvalue weighted by Crippen LogP contribution is -2.55. The molecule has 0 saturated heterocycles. The Labute approximate surface area is 119 Å². The van der Waals surface area contributed by atoms with E-state index >= 15 is 0 Å². The number of hydrogen-bond donors (Lipinski definition) is 3. The lowest BCUT2D eigenvalue weighted by molar-refractivity contribution is -0.144. The number of nitrogens with one attached hydrogen (secondary N) is 2. The molecule has 0 aliphatic carbocycles. The molecule has 0 atom stereocenters. The predicted octanol–water partition coefficient (Wildman–Crippen LogP) is 2.87. The molecule has 1 aromatic carbocycles. The van der Waals surface area contributed by atoms with Crippen molar-refractivity contribution in [3.63, 3.8) is 0 Å². The summed E-state index contributed by atoms with van der Waals surface area (Å²) in [6.45, 7) is 3.16. The first-order valence-corrected chi connectivity index (χ1v) is 6.22. The first-order chi connectivity index (χ1) is 9.75. The van der Waals surface area contributed by atoms with Gasteiger partial charge in [-0.15, -0.1) is 0 Å². The highest BCUT2D eigenvalue weighted by atomic mass is 19.2. The summed E-state index contributed by atoms with van der Waals surface area (Å²) in [7, 11) is 0. The molecule has 3 N–H and O–H groups in total. The minimum Gasteiger partial charge on any atom is -0.480 e. The maximum absolute atomic E-state index is 13.0. The second-order valence-electron chi connectivity index (χ2n) is 4.43. The van der Waals surface area contributed by atoms with Gasteiger partial charge in [-0.25, -0.2) is 22.8 Å². The fraction of sp³-hybridized carbons (Fsp3) is 0.385. The summed E-state index contributed by atoms with van der Waals surface area (Å²) in [5, 5.41) is 13.5. The largest absolute Gasteiger partial charge is 0.480 e. The van der Waals surface area contributed by atoms with Gasteiger partial charge in [0.1, 0.15) is 5.54 Å². The summed E-state index contributed by atoms with van der Waals surface area (Å²) in [5.41, 5.74) is -1.81. The van der Waals surface area contributed by atoms with Crippen LogP contribution in [0.2, 0.25) is 0 Å². The van der Waals surface area contributed by atoms with E-state index < -0.39 is 35.0 Å². The number of carbonyl (C=O) groups is 2. The normalized spacial score (nSPS) is 11.1. The van der Waals surface area contributed by atoms with Crippen molar-refractivity contribution in [2.75, 3.05) is 5.32 Å². The number of benzene rings is 1. The molecule has 2 amide bonds. The van der Waals surface area contributed by atoms with Crippen molar-refractivity contribution in [1.29, 1.82) is 0 Å². The molecular formula is C13H15F3N2O3. The van der Waals surface area contributed by atoms with Crippen molar-refractivity contribution in [2.45, 2.75) is 32.2 Å². The molecule has 0 fully saturated rings. The monoisotopic (exact) mass is 304 g/mol. The van der Waals surface area contributed by atoms with Gasteiger partial charge < -0.3 is 15.7 Å². The Kier molecular flexibility index (Phi) is 5.17. The number of urea groups is 1. The van der Waals surface area contributed by atoms with Crippen LogP contribution in [0.4, 0.5) is 23.7 Å². The van der Waals surface area contributed by atoms with E-state index in [1.807, 2.05) is 0 Å². The van der Waals surface area contributed by atoms with Crippen LogP contribution in [-0.4, -0.2) is 22.6 Å². The summed E-state index contributed by atoms with van der Waals surface area (Å²) in [6, 6.07) is 0.239. The molecule has 0 bridgehead atoms. The molecule has 0 aliphatic rings. The fourth-order valence-corrected chi connectivity index (χ4v) is 1.79. The molecule has 0 aliphatic heterocycles. The van der Waals surface area contributed by atoms with Gasteiger partial charge in [-0.2, -0.15) is 0 Å². The summed E-state index contributed by atoms with van der Waals surface area (Å²) in [6.07, 6.45) is 0.247. The first kappa shape index (κ1) is 16.8. The Balaban J connectivity index is 2.89. The maximum atomic E-state index is 13.0. The van der Waals surface area contributed by atoms with Crippen molar-refractivity contribution in [3.8, 4) is 0 Å². The Hall–Kier alpha value is -2.25. The van der Waals surface area contributed by atoms with Crippen LogP contribution in [0.25, 0.3) is 0 Å². The molecule has 1 rings (SSSR count). The first-order valence-electron chi connectivity index (χ1n) is 6.22. The summed E-state index contributed by atoms with van der Waals surface area (Å²) in [5.74, 6) is -5.79. The Morgan fingerprint density at radius 3 is 2.00 bits per heavy atom. The van der Waals surface area contributed by atoms with Gasteiger partial charge in [0.15, 0.2) is 17.5 Å². The number of hydrogen-bond acceptors (Lipinski definition) is 2. The molecule has 0 heterocycles. The molecule has 0 unspecified atom stereocenters. The van der Waals surface area contributed by atoms with Crippen molar-refractivity contribution in [1.82, 2.24) is 5.32 Å². The standard InChI is InChI=1S/C13H15F3N2O3/c1-3-13(4-2,11(19)20)18-12(21)17-7-5-8(14)10(16)9(15)6-7/h5-6H,3-4H2,1-2H3,(H,19,20)(H2,17,18,21). The van der Waals surface area contributed by atoms with E-state index in [1.54, 1.807) is 13.8 Å². The Morgan fingerprint density at radius 1 is 1.14 bits per heavy atom. The molecule has 0 spiro atoms. The number of anilines is 1. The van der Waals surface area contributed by atoms with Gasteiger partial charge >= 0.3 is 12.0 Å². The molecule has 0 aromatic heterocycles. The number of amides is 2. The zero-order valence-electron chi connectivity index (χ0n) is 11.5. The van der Waals surface area contributed by atoms with Crippen LogP contribution in [0.5, 0.6) is 0 Å². The minimum atomic E-state index is -1.65. The number of carboxylic acids is 1. The molecule has 0 radical (unpaired) electrons. The van der Waals surface area contributed by atoms with E-state index in [9.17, 15) is 22.8 Å². The van der Waals surface area contributed by atoms with Crippen LogP contribution in [0.15, 0.2) is 12.1 Å². The number of aliphatic carboxylic acids is 1. The van der Waals surface area contributed by atoms with Crippen molar-refractivity contribution >= 4 is 17.7 Å². The van der Waals surface area contributed by atoms with Crippen LogP contribution in [-0.2, 0) is 4.79 Å². The fourth-order valence-electron chi connectivity index (χ4n) is 1.79. The molecule has 8 heteroatoms. The van der Waals surface area contributed by atoms with E-state index in [4.69, 9.17) is 5.11 Å². The molecular weight excluding hydrogens is 289 g/mol. The predicted molar refractivity (Wildman–Crippen MR) is 69.4 cm³/mol. The van der Waals surface area contributed by atoms with Gasteiger partial charge in [0.05, 0.1) is 0 Å². The van der Waals surface area contributed by atoms with Gasteiger partial charge in [-0.1, -0.05) is 13.8 Å². The smallest absolute Gasteiger partial charge is 0.329 e. The lowest BCUT2D eigenvalue weighted by Gasteiger charge is -2.28. The average Bonchev–Trinajstić information content (AvgIpc) is 2.41. The summed E-state index contributed by atoms with van der Waals surface area (Å²) < 4.78 is 38.8. The average molecular weight is 304 g/mol. The number of carbonyl (C=O) groups excluding carboxylic acids is 1. The number of rotatable bonds is 5. The van der Waals surface area contributed by atoms with Crippen LogP contribution in [0.3, 0.4) is 0 Å². The summed E-state index contributed by atoms with van der Waals surface area (Å²) in [4.78, 5) is 22.9. The maximum Gasteiger partial charge on any atom is 0.329 e. The van der Waals surface area contributed by atoms with Crippen LogP contribution in [0.1, 0.15) is 26.7 Å². The highest BCUT2D eigenvalue weighted by Gasteiger charge is 2.36. The highest BCUT2D eigenvalue weighted by molar-refractivity contribution is 5.93. The molecule has 116 valence electrons. The third-order valence-corrected chi connectivity index (χ3v) is 3.21. The van der Waals surface area contributed by atoms with E-state index in [0.29, 0.717) is 12.1 Å². The topological polar surface area (TPSA) is 78.4 Å². The molecule has 0 saturated carbocycles. The molecule has 5 nitrogen and oxygen atoms in total. The lowest BCUT2D eigenvalue weighted by atomic mass is 9.93. The van der Waals surface area contributed by atoms with Crippen LogP contribution in [0, 0.1) is 17.5 Å². The minimum absolute atomic E-state index is 0.123. The third kappa shape index (κ3) is 3.65. The number of halogens is 3. The van der Waals surface area contributed by atoms with E-state index in [1.165, 1.54) is 0 Å². The molecule has 21 heavy (non-hydrogen) atoms. The molecule has 1 aromatic rings. The third-order valence-electron chi connectivity index (χ3n) is 3.21. The van der Waals surface area contributed by atoms with Gasteiger partial charge in [-0.3, -0.25) is 0 Å². The van der Waals surface area contributed by atoms with E-state index in [2.05, 4.69) is 10.6 Å². The van der Waals surface area contributed by atoms with Crippen LogP contribution >= 0.6 is 0 Å². The SMILES string of the molecule is CCC(CC)(NC(=O)Nc1cc(F)c(F)c(F)c1)C(=O)O. The summed E-state index contributed by atoms with van der Waals surface area (Å²) >= 11 is 0. The van der Waals surface area contributed by atoms with Gasteiger partial charge in [0, 0.05) is 17.8 Å². The zero-order chi connectivity index (χ0) is 16.2. The van der Waals surface area contributed by atoms with Crippen molar-refractivity contribution < 1.29 is 27.9 Å². The van der Waals surface area contributed by atoms with Crippen molar-refractivity contribution in [3.05, 3.63) is 29.6 Å². The Bertz CT molecular complexity index is 537. The second-order valence-corrected chi connectivity index (χ2v) is 4.43. The zero-order valence-corrected chi connectivity index (χ0v) is 11.5. The van der Waals surface area contributed by atoms with Crippen molar-refractivity contribution in [2.24, 2.45) is 0 Å². The van der Waals surface area contributed by atoms with Gasteiger partial charge in [0.2, 0.25) is 0 Å².